The summed E-state index contributed by atoms with van der Waals surface area (Å²) in [5.74, 6) is 1.04. The lowest BCUT2D eigenvalue weighted by Crippen LogP contribution is -2.48. The van der Waals surface area contributed by atoms with Crippen molar-refractivity contribution in [3.8, 4) is 5.75 Å². The van der Waals surface area contributed by atoms with E-state index in [1.165, 1.54) is 27.8 Å². The summed E-state index contributed by atoms with van der Waals surface area (Å²) in [4.78, 5) is 15.5. The van der Waals surface area contributed by atoms with Crippen LogP contribution in [-0.4, -0.2) is 62.8 Å². The molecule has 33 heavy (non-hydrogen) atoms. The molecule has 1 fully saturated rings. The monoisotopic (exact) mass is 451 g/mol. The number of carbonyl (C=O) groups is 1. The average molecular weight is 452 g/mol. The fraction of sp³-hybridized carbons (Fsp3) is 0.519. The number of nitrogens with one attached hydrogen (secondary N) is 2. The topological polar surface area (TPSA) is 62.8 Å². The van der Waals surface area contributed by atoms with Crippen LogP contribution in [0.2, 0.25) is 0 Å². The molecule has 2 aromatic carbocycles. The molecule has 0 saturated carbocycles. The summed E-state index contributed by atoms with van der Waals surface area (Å²) in [6, 6.07) is 13.4. The maximum absolute atomic E-state index is 13.1. The first-order valence-electron chi connectivity index (χ1n) is 12.0. The molecule has 6 nitrogen and oxygen atoms in total. The van der Waals surface area contributed by atoms with Crippen molar-refractivity contribution in [2.24, 2.45) is 0 Å². The van der Waals surface area contributed by atoms with Gasteiger partial charge in [0.25, 0.3) is 0 Å². The van der Waals surface area contributed by atoms with Gasteiger partial charge in [0.2, 0.25) is 5.91 Å². The van der Waals surface area contributed by atoms with Crippen molar-refractivity contribution in [2.75, 3.05) is 33.9 Å². The molecule has 6 heteroatoms. The van der Waals surface area contributed by atoms with Gasteiger partial charge in [0.1, 0.15) is 5.75 Å². The SMILES string of the molecule is COCCNC(=O)[C@@H]1C[C@@H](NCc2ccc(OC)c(C)c2C)CN1C1Cc2ccccc2C1. The number of carbonyl (C=O) groups excluding carboxylic acids is 1. The van der Waals surface area contributed by atoms with Crippen molar-refractivity contribution in [3.63, 3.8) is 0 Å². The Bertz CT molecular complexity index is 952. The second kappa shape index (κ2) is 10.7. The van der Waals surface area contributed by atoms with E-state index >= 15 is 0 Å². The molecule has 2 aliphatic rings. The number of likely N-dealkylation sites (tertiary alicyclic amines) is 1. The Labute approximate surface area is 197 Å². The second-order valence-corrected chi connectivity index (χ2v) is 9.32. The van der Waals surface area contributed by atoms with Gasteiger partial charge in [0, 0.05) is 38.8 Å². The lowest BCUT2D eigenvalue weighted by molar-refractivity contribution is -0.126. The highest BCUT2D eigenvalue weighted by atomic mass is 16.5. The zero-order chi connectivity index (χ0) is 23.4. The molecule has 0 radical (unpaired) electrons. The molecule has 0 aromatic heterocycles. The van der Waals surface area contributed by atoms with E-state index in [1.54, 1.807) is 14.2 Å². The van der Waals surface area contributed by atoms with Gasteiger partial charge in [-0.15, -0.1) is 0 Å². The fourth-order valence-corrected chi connectivity index (χ4v) is 5.35. The summed E-state index contributed by atoms with van der Waals surface area (Å²) in [5.41, 5.74) is 6.56. The smallest absolute Gasteiger partial charge is 0.237 e. The minimum absolute atomic E-state index is 0.114. The van der Waals surface area contributed by atoms with Crippen LogP contribution in [-0.2, 0) is 28.9 Å². The molecule has 0 spiro atoms. The van der Waals surface area contributed by atoms with Gasteiger partial charge in [-0.25, -0.2) is 0 Å². The van der Waals surface area contributed by atoms with Gasteiger partial charge >= 0.3 is 0 Å². The quantitative estimate of drug-likeness (QED) is 0.574. The molecule has 0 unspecified atom stereocenters. The van der Waals surface area contributed by atoms with E-state index in [1.807, 2.05) is 6.07 Å². The van der Waals surface area contributed by atoms with Crippen LogP contribution in [0.4, 0.5) is 0 Å². The van der Waals surface area contributed by atoms with Gasteiger partial charge < -0.3 is 20.1 Å². The Kier molecular flexibility index (Phi) is 7.68. The fourth-order valence-electron chi connectivity index (χ4n) is 5.35. The average Bonchev–Trinajstić information content (AvgIpc) is 3.44. The van der Waals surface area contributed by atoms with Crippen LogP contribution in [0, 0.1) is 13.8 Å². The molecule has 4 rings (SSSR count). The van der Waals surface area contributed by atoms with Crippen LogP contribution in [0.3, 0.4) is 0 Å². The number of methoxy groups -OCH3 is 2. The van der Waals surface area contributed by atoms with Crippen molar-refractivity contribution in [3.05, 3.63) is 64.2 Å². The van der Waals surface area contributed by atoms with E-state index in [-0.39, 0.29) is 18.0 Å². The predicted octanol–water partition coefficient (Wildman–Crippen LogP) is 2.77. The molecule has 178 valence electrons. The van der Waals surface area contributed by atoms with E-state index in [4.69, 9.17) is 9.47 Å². The van der Waals surface area contributed by atoms with Crippen LogP contribution in [0.25, 0.3) is 0 Å². The zero-order valence-corrected chi connectivity index (χ0v) is 20.3. The van der Waals surface area contributed by atoms with Gasteiger partial charge in [-0.3, -0.25) is 9.69 Å². The third-order valence-electron chi connectivity index (χ3n) is 7.40. The summed E-state index contributed by atoms with van der Waals surface area (Å²) in [6.45, 7) is 7.01. The van der Waals surface area contributed by atoms with E-state index < -0.39 is 0 Å². The Morgan fingerprint density at radius 1 is 1.06 bits per heavy atom. The van der Waals surface area contributed by atoms with Crippen molar-refractivity contribution < 1.29 is 14.3 Å². The van der Waals surface area contributed by atoms with E-state index in [0.29, 0.717) is 19.2 Å². The number of rotatable bonds is 9. The van der Waals surface area contributed by atoms with Crippen LogP contribution < -0.4 is 15.4 Å². The van der Waals surface area contributed by atoms with Gasteiger partial charge in [-0.05, 0) is 67.0 Å². The second-order valence-electron chi connectivity index (χ2n) is 9.32. The minimum atomic E-state index is -0.114. The first-order chi connectivity index (χ1) is 16.0. The molecular formula is C27H37N3O3. The summed E-state index contributed by atoms with van der Waals surface area (Å²) in [7, 11) is 3.37. The Hall–Kier alpha value is -2.41. The van der Waals surface area contributed by atoms with E-state index in [9.17, 15) is 4.79 Å². The van der Waals surface area contributed by atoms with Crippen LogP contribution >= 0.6 is 0 Å². The number of ether oxygens (including phenoxy) is 2. The van der Waals surface area contributed by atoms with Crippen LogP contribution in [0.1, 0.15) is 34.2 Å². The highest BCUT2D eigenvalue weighted by Crippen LogP contribution is 2.31. The van der Waals surface area contributed by atoms with Crippen molar-refractivity contribution in [2.45, 2.75) is 57.8 Å². The Morgan fingerprint density at radius 3 is 2.45 bits per heavy atom. The first-order valence-corrected chi connectivity index (χ1v) is 12.0. The number of hydrogen-bond acceptors (Lipinski definition) is 5. The summed E-state index contributed by atoms with van der Waals surface area (Å²) >= 11 is 0. The van der Waals surface area contributed by atoms with Crippen molar-refractivity contribution in [1.82, 2.24) is 15.5 Å². The first kappa shape index (κ1) is 23.7. The predicted molar refractivity (Wildman–Crippen MR) is 131 cm³/mol. The van der Waals surface area contributed by atoms with Gasteiger partial charge in [-0.2, -0.15) is 0 Å². The Balaban J connectivity index is 1.44. The lowest BCUT2D eigenvalue weighted by atomic mass is 10.0. The van der Waals surface area contributed by atoms with Gasteiger partial charge in [0.15, 0.2) is 0 Å². The number of hydrogen-bond donors (Lipinski definition) is 2. The van der Waals surface area contributed by atoms with Gasteiger partial charge in [-0.1, -0.05) is 30.3 Å². The van der Waals surface area contributed by atoms with E-state index in [0.717, 1.165) is 38.1 Å². The maximum Gasteiger partial charge on any atom is 0.237 e. The Morgan fingerprint density at radius 2 is 1.79 bits per heavy atom. The van der Waals surface area contributed by atoms with Crippen LogP contribution in [0.5, 0.6) is 5.75 Å². The minimum Gasteiger partial charge on any atom is -0.496 e. The number of amides is 1. The number of fused-ring (bicyclic) bond motifs is 1. The highest BCUT2D eigenvalue weighted by molar-refractivity contribution is 5.82. The third-order valence-corrected chi connectivity index (χ3v) is 7.40. The molecule has 2 N–H and O–H groups in total. The highest BCUT2D eigenvalue weighted by Gasteiger charge is 2.41. The molecule has 1 aliphatic heterocycles. The summed E-state index contributed by atoms with van der Waals surface area (Å²) in [6.07, 6.45) is 2.85. The zero-order valence-electron chi connectivity index (χ0n) is 20.3. The molecule has 0 bridgehead atoms. The molecule has 2 atom stereocenters. The van der Waals surface area contributed by atoms with Crippen LogP contribution in [0.15, 0.2) is 36.4 Å². The van der Waals surface area contributed by atoms with E-state index in [2.05, 4.69) is 59.7 Å². The molecular weight excluding hydrogens is 414 g/mol. The normalized spacial score (nSPS) is 20.7. The van der Waals surface area contributed by atoms with Crippen molar-refractivity contribution >= 4 is 5.91 Å². The van der Waals surface area contributed by atoms with Crippen molar-refractivity contribution in [1.29, 1.82) is 0 Å². The largest absolute Gasteiger partial charge is 0.496 e. The number of nitrogens with zero attached hydrogens (tertiary/aromatic N) is 1. The third kappa shape index (κ3) is 5.24. The summed E-state index contributed by atoms with van der Waals surface area (Å²) in [5, 5.41) is 6.82. The summed E-state index contributed by atoms with van der Waals surface area (Å²) < 4.78 is 10.6. The van der Waals surface area contributed by atoms with Gasteiger partial charge in [0.05, 0.1) is 19.8 Å². The molecule has 1 heterocycles. The molecule has 1 saturated heterocycles. The molecule has 2 aromatic rings. The molecule has 1 amide bonds. The lowest BCUT2D eigenvalue weighted by Gasteiger charge is -2.29. The standard InChI is InChI=1S/C27H37N3O3/c1-18-19(2)26(33-4)10-9-22(18)16-29-23-15-25(27(31)28-11-12-32-3)30(17-23)24-13-20-7-5-6-8-21(20)14-24/h5-10,23-25,29H,11-17H2,1-4H3,(H,28,31)/t23-,25+/m1/s1. The molecule has 1 aliphatic carbocycles. The maximum atomic E-state index is 13.1. The number of benzene rings is 2.